The standard InChI is InChI=1S/C17H31N/c1-7-11-17(16(6)9-3)18(13-8-2)14-10-12-15(4)5/h7,9,11,15H,3,8,10,12-14H2,1-2,4-6H3/b11-7-,17-16+. The summed E-state index contributed by atoms with van der Waals surface area (Å²) in [4.78, 5) is 2.50. The molecule has 1 nitrogen and oxygen atoms in total. The molecule has 0 saturated carbocycles. The van der Waals surface area contributed by atoms with Crippen LogP contribution in [0.15, 0.2) is 36.1 Å². The smallest absolute Gasteiger partial charge is 0.0392 e. The van der Waals surface area contributed by atoms with Crippen molar-refractivity contribution in [3.8, 4) is 0 Å². The van der Waals surface area contributed by atoms with E-state index in [0.717, 1.165) is 19.0 Å². The van der Waals surface area contributed by atoms with E-state index in [1.54, 1.807) is 0 Å². The molecular weight excluding hydrogens is 218 g/mol. The van der Waals surface area contributed by atoms with Crippen LogP contribution >= 0.6 is 0 Å². The molecule has 0 spiro atoms. The Morgan fingerprint density at radius 2 is 1.94 bits per heavy atom. The van der Waals surface area contributed by atoms with Gasteiger partial charge < -0.3 is 4.90 Å². The molecule has 104 valence electrons. The van der Waals surface area contributed by atoms with E-state index in [1.807, 2.05) is 6.08 Å². The molecule has 0 fully saturated rings. The Bertz CT molecular complexity index is 284. The van der Waals surface area contributed by atoms with Gasteiger partial charge in [0, 0.05) is 18.8 Å². The number of rotatable bonds is 9. The maximum atomic E-state index is 3.90. The van der Waals surface area contributed by atoms with Crippen molar-refractivity contribution in [3.05, 3.63) is 36.1 Å². The lowest BCUT2D eigenvalue weighted by Gasteiger charge is -2.27. The van der Waals surface area contributed by atoms with Gasteiger partial charge in [0.15, 0.2) is 0 Å². The minimum atomic E-state index is 0.795. The first-order valence-electron chi connectivity index (χ1n) is 7.27. The van der Waals surface area contributed by atoms with Gasteiger partial charge in [0.1, 0.15) is 0 Å². The van der Waals surface area contributed by atoms with Gasteiger partial charge in [0.2, 0.25) is 0 Å². The predicted molar refractivity (Wildman–Crippen MR) is 83.6 cm³/mol. The van der Waals surface area contributed by atoms with Crippen LogP contribution in [0.25, 0.3) is 0 Å². The summed E-state index contributed by atoms with van der Waals surface area (Å²) in [6.45, 7) is 17.2. The maximum Gasteiger partial charge on any atom is 0.0392 e. The molecule has 0 unspecified atom stereocenters. The van der Waals surface area contributed by atoms with Crippen LogP contribution in [-0.4, -0.2) is 18.0 Å². The molecule has 0 aliphatic rings. The average Bonchev–Trinajstić information content (AvgIpc) is 2.34. The largest absolute Gasteiger partial charge is 0.371 e. The van der Waals surface area contributed by atoms with E-state index in [0.29, 0.717) is 0 Å². The lowest BCUT2D eigenvalue weighted by atomic mass is 10.1. The van der Waals surface area contributed by atoms with Crippen molar-refractivity contribution in [1.82, 2.24) is 4.90 Å². The summed E-state index contributed by atoms with van der Waals surface area (Å²) >= 11 is 0. The SMILES string of the molecule is C=C/C(C)=C(\C=C/C)N(CCC)CCCC(C)C. The number of hydrogen-bond donors (Lipinski definition) is 0. The van der Waals surface area contributed by atoms with Crippen LogP contribution in [0, 0.1) is 5.92 Å². The highest BCUT2D eigenvalue weighted by Crippen LogP contribution is 2.16. The highest BCUT2D eigenvalue weighted by Gasteiger charge is 2.08. The Morgan fingerprint density at radius 3 is 2.39 bits per heavy atom. The van der Waals surface area contributed by atoms with Crippen molar-refractivity contribution in [1.29, 1.82) is 0 Å². The van der Waals surface area contributed by atoms with Crippen molar-refractivity contribution in [3.63, 3.8) is 0 Å². The topological polar surface area (TPSA) is 3.24 Å². The molecule has 0 aromatic carbocycles. The van der Waals surface area contributed by atoms with Crippen LogP contribution in [0.5, 0.6) is 0 Å². The van der Waals surface area contributed by atoms with Crippen LogP contribution in [0.1, 0.15) is 53.9 Å². The summed E-state index contributed by atoms with van der Waals surface area (Å²) in [5, 5.41) is 0. The second-order valence-electron chi connectivity index (χ2n) is 5.30. The first kappa shape index (κ1) is 17.0. The Kier molecular flexibility index (Phi) is 9.45. The molecule has 0 atom stereocenters. The predicted octanol–water partition coefficient (Wildman–Crippen LogP) is 5.17. The molecule has 1 heteroatoms. The van der Waals surface area contributed by atoms with Crippen LogP contribution < -0.4 is 0 Å². The molecule has 0 N–H and O–H groups in total. The van der Waals surface area contributed by atoms with Gasteiger partial charge in [-0.25, -0.2) is 0 Å². The summed E-state index contributed by atoms with van der Waals surface area (Å²) in [5.41, 5.74) is 2.60. The van der Waals surface area contributed by atoms with E-state index in [-0.39, 0.29) is 0 Å². The van der Waals surface area contributed by atoms with Gasteiger partial charge in [-0.1, -0.05) is 39.5 Å². The molecule has 0 bridgehead atoms. The minimum absolute atomic E-state index is 0.795. The Morgan fingerprint density at radius 1 is 1.28 bits per heavy atom. The molecule has 0 saturated heterocycles. The van der Waals surface area contributed by atoms with Gasteiger partial charge in [0.25, 0.3) is 0 Å². The van der Waals surface area contributed by atoms with Gasteiger partial charge in [-0.15, -0.1) is 0 Å². The van der Waals surface area contributed by atoms with Crippen LogP contribution in [-0.2, 0) is 0 Å². The third kappa shape index (κ3) is 6.68. The zero-order valence-electron chi connectivity index (χ0n) is 13.0. The minimum Gasteiger partial charge on any atom is -0.371 e. The van der Waals surface area contributed by atoms with E-state index < -0.39 is 0 Å². The summed E-state index contributed by atoms with van der Waals surface area (Å²) in [5.74, 6) is 0.795. The van der Waals surface area contributed by atoms with E-state index in [4.69, 9.17) is 0 Å². The Labute approximate surface area is 114 Å². The monoisotopic (exact) mass is 249 g/mol. The molecule has 0 amide bonds. The van der Waals surface area contributed by atoms with E-state index >= 15 is 0 Å². The first-order valence-corrected chi connectivity index (χ1v) is 7.27. The molecule has 0 aromatic rings. The van der Waals surface area contributed by atoms with Gasteiger partial charge in [0.05, 0.1) is 0 Å². The molecule has 0 aliphatic carbocycles. The third-order valence-corrected chi connectivity index (χ3v) is 3.08. The lowest BCUT2D eigenvalue weighted by molar-refractivity contribution is 0.333. The molecular formula is C17H31N. The number of allylic oxidation sites excluding steroid dienone is 4. The lowest BCUT2D eigenvalue weighted by Crippen LogP contribution is -2.25. The first-order chi connectivity index (χ1) is 8.56. The van der Waals surface area contributed by atoms with E-state index in [9.17, 15) is 0 Å². The van der Waals surface area contributed by atoms with Crippen LogP contribution in [0.2, 0.25) is 0 Å². The summed E-state index contributed by atoms with van der Waals surface area (Å²) in [6.07, 6.45) is 10.0. The Hall–Kier alpha value is -0.980. The van der Waals surface area contributed by atoms with Crippen molar-refractivity contribution in [2.45, 2.75) is 53.9 Å². The molecule has 0 aromatic heterocycles. The Balaban J connectivity index is 4.76. The molecule has 0 radical (unpaired) electrons. The van der Waals surface area contributed by atoms with Gasteiger partial charge >= 0.3 is 0 Å². The van der Waals surface area contributed by atoms with Gasteiger partial charge in [-0.05, 0) is 50.7 Å². The fourth-order valence-electron chi connectivity index (χ4n) is 2.06. The van der Waals surface area contributed by atoms with Gasteiger partial charge in [-0.3, -0.25) is 0 Å². The van der Waals surface area contributed by atoms with Crippen molar-refractivity contribution in [2.24, 2.45) is 5.92 Å². The second-order valence-corrected chi connectivity index (χ2v) is 5.30. The zero-order chi connectivity index (χ0) is 14.0. The quantitative estimate of drug-likeness (QED) is 0.509. The van der Waals surface area contributed by atoms with Crippen molar-refractivity contribution in [2.75, 3.05) is 13.1 Å². The molecule has 0 rings (SSSR count). The highest BCUT2D eigenvalue weighted by atomic mass is 15.1. The third-order valence-electron chi connectivity index (χ3n) is 3.08. The highest BCUT2D eigenvalue weighted by molar-refractivity contribution is 5.29. The van der Waals surface area contributed by atoms with Crippen molar-refractivity contribution < 1.29 is 0 Å². The van der Waals surface area contributed by atoms with E-state index in [1.165, 1.54) is 30.5 Å². The van der Waals surface area contributed by atoms with Crippen LogP contribution in [0.4, 0.5) is 0 Å². The summed E-state index contributed by atoms with van der Waals surface area (Å²) in [6, 6.07) is 0. The number of hydrogen-bond acceptors (Lipinski definition) is 1. The fraction of sp³-hybridized carbons (Fsp3) is 0.647. The zero-order valence-corrected chi connectivity index (χ0v) is 13.0. The van der Waals surface area contributed by atoms with Crippen molar-refractivity contribution >= 4 is 0 Å². The molecule has 0 aliphatic heterocycles. The summed E-state index contributed by atoms with van der Waals surface area (Å²) < 4.78 is 0. The second kappa shape index (κ2) is 9.99. The average molecular weight is 249 g/mol. The molecule has 18 heavy (non-hydrogen) atoms. The van der Waals surface area contributed by atoms with Crippen LogP contribution in [0.3, 0.4) is 0 Å². The van der Waals surface area contributed by atoms with Gasteiger partial charge in [-0.2, -0.15) is 0 Å². The number of nitrogens with zero attached hydrogens (tertiary/aromatic N) is 1. The normalized spacial score (nSPS) is 13.0. The maximum absolute atomic E-state index is 3.90. The molecule has 0 heterocycles. The fourth-order valence-corrected chi connectivity index (χ4v) is 2.06. The van der Waals surface area contributed by atoms with E-state index in [2.05, 4.69) is 58.2 Å². The summed E-state index contributed by atoms with van der Waals surface area (Å²) in [7, 11) is 0.